The van der Waals surface area contributed by atoms with Crippen LogP contribution in [0.3, 0.4) is 0 Å². The van der Waals surface area contributed by atoms with Crippen LogP contribution in [0.15, 0.2) is 72.8 Å². The van der Waals surface area contributed by atoms with E-state index in [-0.39, 0.29) is 12.2 Å². The predicted molar refractivity (Wildman–Crippen MR) is 133 cm³/mol. The lowest BCUT2D eigenvalue weighted by molar-refractivity contribution is -0.137. The number of nitrogens with zero attached hydrogens (tertiary/aromatic N) is 1. The number of hydrogen-bond acceptors (Lipinski definition) is 4. The maximum absolute atomic E-state index is 13.0. The fourth-order valence-corrected chi connectivity index (χ4v) is 5.34. The Bertz CT molecular complexity index is 1490. The topological polar surface area (TPSA) is 66.5 Å². The molecule has 0 aliphatic rings. The highest BCUT2D eigenvalue weighted by molar-refractivity contribution is 7.92. The monoisotopic (exact) mass is 518 g/mol. The van der Waals surface area contributed by atoms with Gasteiger partial charge >= 0.3 is 6.18 Å². The van der Waals surface area contributed by atoms with Crippen LogP contribution in [0.25, 0.3) is 10.1 Å². The molecule has 1 aromatic heterocycles. The first-order chi connectivity index (χ1) is 16.4. The van der Waals surface area contributed by atoms with Gasteiger partial charge in [0.25, 0.3) is 5.91 Å². The fourth-order valence-electron chi connectivity index (χ4n) is 3.52. The first-order valence-corrected chi connectivity index (χ1v) is 13.1. The van der Waals surface area contributed by atoms with Crippen LogP contribution in [-0.2, 0) is 22.7 Å². The highest BCUT2D eigenvalue weighted by Gasteiger charge is 2.30. The largest absolute Gasteiger partial charge is 0.416 e. The van der Waals surface area contributed by atoms with Gasteiger partial charge in [0.05, 0.1) is 28.9 Å². The van der Waals surface area contributed by atoms with Crippen molar-refractivity contribution in [2.45, 2.75) is 19.6 Å². The van der Waals surface area contributed by atoms with Crippen LogP contribution in [0.2, 0.25) is 0 Å². The van der Waals surface area contributed by atoms with Gasteiger partial charge in [0, 0.05) is 10.4 Å². The summed E-state index contributed by atoms with van der Waals surface area (Å²) in [5.41, 5.74) is 1.51. The van der Waals surface area contributed by atoms with Crippen molar-refractivity contribution in [1.29, 1.82) is 0 Å². The smallest absolute Gasteiger partial charge is 0.321 e. The van der Waals surface area contributed by atoms with E-state index in [1.54, 1.807) is 24.3 Å². The van der Waals surface area contributed by atoms with Crippen molar-refractivity contribution in [2.75, 3.05) is 15.9 Å². The van der Waals surface area contributed by atoms with Crippen LogP contribution in [0.5, 0.6) is 0 Å². The molecule has 1 N–H and O–H groups in total. The number of aryl methyl sites for hydroxylation is 1. The molecule has 1 heterocycles. The van der Waals surface area contributed by atoms with Crippen LogP contribution in [0.4, 0.5) is 24.5 Å². The Balaban J connectivity index is 1.60. The SMILES string of the molecule is Cc1ccc(CN(c2ccc3sc(C(=O)Nc4cccc(C(F)(F)F)c4)cc3c2)S(C)(=O)=O)cc1. The first-order valence-electron chi connectivity index (χ1n) is 10.5. The summed E-state index contributed by atoms with van der Waals surface area (Å²) in [5.74, 6) is -0.549. The van der Waals surface area contributed by atoms with E-state index in [0.29, 0.717) is 16.0 Å². The second-order valence-corrected chi connectivity index (χ2v) is 11.1. The summed E-state index contributed by atoms with van der Waals surface area (Å²) in [7, 11) is -3.60. The third kappa shape index (κ3) is 5.83. The molecule has 0 bridgehead atoms. The normalized spacial score (nSPS) is 12.0. The Hall–Kier alpha value is -3.37. The molecule has 0 radical (unpaired) electrons. The van der Waals surface area contributed by atoms with Crippen LogP contribution >= 0.6 is 11.3 Å². The van der Waals surface area contributed by atoms with Gasteiger partial charge in [-0.25, -0.2) is 8.42 Å². The van der Waals surface area contributed by atoms with Crippen molar-refractivity contribution >= 4 is 48.7 Å². The van der Waals surface area contributed by atoms with Crippen molar-refractivity contribution in [2.24, 2.45) is 0 Å². The Morgan fingerprint density at radius 1 is 1.00 bits per heavy atom. The van der Waals surface area contributed by atoms with Gasteiger partial charge in [0.1, 0.15) is 0 Å². The average Bonchev–Trinajstić information content (AvgIpc) is 3.21. The molecule has 5 nitrogen and oxygen atoms in total. The summed E-state index contributed by atoms with van der Waals surface area (Å²) in [6, 6.07) is 18.6. The van der Waals surface area contributed by atoms with Crippen LogP contribution in [-0.4, -0.2) is 20.6 Å². The molecule has 0 aliphatic heterocycles. The molecule has 0 aliphatic carbocycles. The van der Waals surface area contributed by atoms with Gasteiger partial charge in [-0.15, -0.1) is 11.3 Å². The zero-order chi connectivity index (χ0) is 25.4. The summed E-state index contributed by atoms with van der Waals surface area (Å²) in [4.78, 5) is 13.0. The Labute approximate surface area is 204 Å². The minimum absolute atomic E-state index is 0.0318. The quantitative estimate of drug-likeness (QED) is 0.319. The standard InChI is InChI=1S/C25H21F3N2O3S2/c1-16-6-8-17(9-7-16)15-30(35(2,32)33)21-10-11-22-18(12-21)13-23(34-22)24(31)29-20-5-3-4-19(14-20)25(26,27)28/h3-14H,15H2,1-2H3,(H,29,31). The predicted octanol–water partition coefficient (Wildman–Crippen LogP) is 6.45. The number of alkyl halides is 3. The number of hydrogen-bond donors (Lipinski definition) is 1. The molecule has 0 saturated carbocycles. The molecule has 0 atom stereocenters. The number of carbonyl (C=O) groups excluding carboxylic acids is 1. The van der Waals surface area contributed by atoms with Gasteiger partial charge in [-0.2, -0.15) is 13.2 Å². The van der Waals surface area contributed by atoms with E-state index in [4.69, 9.17) is 0 Å². The summed E-state index contributed by atoms with van der Waals surface area (Å²) in [5, 5.41) is 3.15. The van der Waals surface area contributed by atoms with Gasteiger partial charge < -0.3 is 5.32 Å². The molecule has 3 aromatic carbocycles. The number of nitrogens with one attached hydrogen (secondary N) is 1. The van der Waals surface area contributed by atoms with Gasteiger partial charge in [-0.1, -0.05) is 35.9 Å². The lowest BCUT2D eigenvalue weighted by Crippen LogP contribution is -2.29. The number of rotatable bonds is 6. The molecule has 1 amide bonds. The van der Waals surface area contributed by atoms with E-state index in [2.05, 4.69) is 5.32 Å². The second-order valence-electron chi connectivity index (χ2n) is 8.12. The van der Waals surface area contributed by atoms with E-state index in [1.165, 1.54) is 27.8 Å². The van der Waals surface area contributed by atoms with E-state index in [0.717, 1.165) is 34.2 Å². The molecule has 4 rings (SSSR count). The second kappa shape index (κ2) is 9.35. The first kappa shape index (κ1) is 24.7. The molecule has 10 heteroatoms. The summed E-state index contributed by atoms with van der Waals surface area (Å²) in [6.45, 7) is 2.10. The molecule has 0 fully saturated rings. The van der Waals surface area contributed by atoms with Gasteiger partial charge in [0.15, 0.2) is 0 Å². The third-order valence-corrected chi connectivity index (χ3v) is 7.56. The molecular formula is C25H21F3N2O3S2. The molecule has 0 unspecified atom stereocenters. The summed E-state index contributed by atoms with van der Waals surface area (Å²) >= 11 is 1.17. The Kier molecular flexibility index (Phi) is 6.61. The lowest BCUT2D eigenvalue weighted by Gasteiger charge is -2.22. The molecule has 0 spiro atoms. The van der Waals surface area contributed by atoms with Gasteiger partial charge in [-0.05, 0) is 60.3 Å². The number of fused-ring (bicyclic) bond motifs is 1. The molecule has 0 saturated heterocycles. The van der Waals surface area contributed by atoms with E-state index in [9.17, 15) is 26.4 Å². The highest BCUT2D eigenvalue weighted by atomic mass is 32.2. The molecule has 35 heavy (non-hydrogen) atoms. The van der Waals surface area contributed by atoms with Crippen LogP contribution in [0, 0.1) is 6.92 Å². The van der Waals surface area contributed by atoms with Gasteiger partial charge in [0.2, 0.25) is 10.0 Å². The Morgan fingerprint density at radius 3 is 2.37 bits per heavy atom. The van der Waals surface area contributed by atoms with Crippen molar-refractivity contribution in [3.05, 3.63) is 94.4 Å². The van der Waals surface area contributed by atoms with Crippen molar-refractivity contribution in [3.63, 3.8) is 0 Å². The van der Waals surface area contributed by atoms with Crippen molar-refractivity contribution < 1.29 is 26.4 Å². The average molecular weight is 519 g/mol. The molecule has 4 aromatic rings. The van der Waals surface area contributed by atoms with Crippen LogP contribution < -0.4 is 9.62 Å². The van der Waals surface area contributed by atoms with Gasteiger partial charge in [-0.3, -0.25) is 9.10 Å². The van der Waals surface area contributed by atoms with Crippen molar-refractivity contribution in [1.82, 2.24) is 0 Å². The third-order valence-electron chi connectivity index (χ3n) is 5.31. The van der Waals surface area contributed by atoms with Crippen molar-refractivity contribution in [3.8, 4) is 0 Å². The number of halogens is 3. The van der Waals surface area contributed by atoms with E-state index < -0.39 is 27.7 Å². The minimum atomic E-state index is -4.52. The lowest BCUT2D eigenvalue weighted by atomic mass is 10.1. The summed E-state index contributed by atoms with van der Waals surface area (Å²) in [6.07, 6.45) is -3.38. The fraction of sp³-hybridized carbons (Fsp3) is 0.160. The number of anilines is 2. The zero-order valence-corrected chi connectivity index (χ0v) is 20.4. The maximum atomic E-state index is 13.0. The van der Waals surface area contributed by atoms with E-state index >= 15 is 0 Å². The zero-order valence-electron chi connectivity index (χ0n) is 18.8. The maximum Gasteiger partial charge on any atom is 0.416 e. The number of carbonyl (C=O) groups is 1. The number of sulfonamides is 1. The minimum Gasteiger partial charge on any atom is -0.321 e. The van der Waals surface area contributed by atoms with E-state index in [1.807, 2.05) is 31.2 Å². The summed E-state index contributed by atoms with van der Waals surface area (Å²) < 4.78 is 66.0. The Morgan fingerprint density at radius 2 is 1.71 bits per heavy atom. The highest BCUT2D eigenvalue weighted by Crippen LogP contribution is 2.33. The molecular weight excluding hydrogens is 497 g/mol. The van der Waals surface area contributed by atoms with Crippen LogP contribution in [0.1, 0.15) is 26.4 Å². The number of thiophene rings is 1. The molecule has 182 valence electrons. The number of benzene rings is 3. The number of amides is 1.